The lowest BCUT2D eigenvalue weighted by molar-refractivity contribution is 0.114. The Morgan fingerprint density at radius 3 is 2.91 bits per heavy atom. The van der Waals surface area contributed by atoms with Crippen LogP contribution in [-0.2, 0) is 11.3 Å². The van der Waals surface area contributed by atoms with Crippen molar-refractivity contribution in [1.82, 2.24) is 15.6 Å². The predicted molar refractivity (Wildman–Crippen MR) is 91.8 cm³/mol. The van der Waals surface area contributed by atoms with E-state index in [0.29, 0.717) is 18.5 Å². The number of nitrogens with one attached hydrogen (secondary N) is 2. The van der Waals surface area contributed by atoms with Crippen LogP contribution in [0.1, 0.15) is 39.2 Å². The number of rotatable bonds is 7. The molecule has 1 aromatic rings. The molecule has 0 aromatic carbocycles. The fourth-order valence-electron chi connectivity index (χ4n) is 2.34. The van der Waals surface area contributed by atoms with Crippen LogP contribution in [0.4, 0.5) is 0 Å². The largest absolute Gasteiger partial charge is 0.475 e. The average molecular weight is 320 g/mol. The van der Waals surface area contributed by atoms with E-state index in [-0.39, 0.29) is 6.10 Å². The van der Waals surface area contributed by atoms with Gasteiger partial charge in [-0.3, -0.25) is 0 Å². The van der Waals surface area contributed by atoms with Crippen LogP contribution in [0.25, 0.3) is 0 Å². The molecule has 0 aliphatic carbocycles. The van der Waals surface area contributed by atoms with Gasteiger partial charge < -0.3 is 20.1 Å². The zero-order valence-corrected chi connectivity index (χ0v) is 14.3. The van der Waals surface area contributed by atoms with E-state index in [9.17, 15) is 0 Å². The van der Waals surface area contributed by atoms with Crippen LogP contribution in [-0.4, -0.2) is 42.8 Å². The molecule has 1 aliphatic heterocycles. The van der Waals surface area contributed by atoms with Crippen molar-refractivity contribution in [2.24, 2.45) is 4.99 Å². The highest BCUT2D eigenvalue weighted by Crippen LogP contribution is 2.11. The van der Waals surface area contributed by atoms with E-state index < -0.39 is 0 Å². The van der Waals surface area contributed by atoms with Crippen molar-refractivity contribution < 1.29 is 9.47 Å². The van der Waals surface area contributed by atoms with Crippen LogP contribution in [0.5, 0.6) is 5.88 Å². The Bertz CT molecular complexity index is 482. The Kier molecular flexibility index (Phi) is 7.13. The number of hydrogen-bond donors (Lipinski definition) is 2. The first-order valence-corrected chi connectivity index (χ1v) is 8.42. The molecule has 1 aliphatic rings. The van der Waals surface area contributed by atoms with Crippen LogP contribution in [0, 0.1) is 0 Å². The number of nitrogens with zero attached hydrogens (tertiary/aromatic N) is 2. The molecule has 6 nitrogen and oxygen atoms in total. The maximum Gasteiger partial charge on any atom is 0.213 e. The lowest BCUT2D eigenvalue weighted by atomic mass is 10.2. The monoisotopic (exact) mass is 320 g/mol. The minimum Gasteiger partial charge on any atom is -0.475 e. The molecule has 2 N–H and O–H groups in total. The third-order valence-corrected chi connectivity index (χ3v) is 3.44. The van der Waals surface area contributed by atoms with Gasteiger partial charge in [0.25, 0.3) is 0 Å². The van der Waals surface area contributed by atoms with Gasteiger partial charge in [0, 0.05) is 32.0 Å². The number of hydrogen-bond acceptors (Lipinski definition) is 4. The molecule has 0 radical (unpaired) electrons. The fourth-order valence-corrected chi connectivity index (χ4v) is 2.34. The standard InChI is InChI=1S/C17H28N4O2/c1-4-18-17(21-12-15-6-5-9-22-15)20-11-14-7-8-16(19-10-14)23-13(2)3/h7-8,10,13,15H,4-6,9,11-12H2,1-3H3,(H2,18,20,21). The summed E-state index contributed by atoms with van der Waals surface area (Å²) in [4.78, 5) is 8.89. The molecular formula is C17H28N4O2. The molecule has 0 spiro atoms. The molecule has 1 saturated heterocycles. The Hall–Kier alpha value is -1.82. The summed E-state index contributed by atoms with van der Waals surface area (Å²) >= 11 is 0. The van der Waals surface area contributed by atoms with Gasteiger partial charge >= 0.3 is 0 Å². The van der Waals surface area contributed by atoms with Crippen LogP contribution >= 0.6 is 0 Å². The molecule has 2 rings (SSSR count). The number of pyridine rings is 1. The van der Waals surface area contributed by atoms with E-state index in [1.165, 1.54) is 0 Å². The second-order valence-electron chi connectivity index (χ2n) is 5.88. The molecule has 0 amide bonds. The summed E-state index contributed by atoms with van der Waals surface area (Å²) in [7, 11) is 0. The van der Waals surface area contributed by atoms with Crippen molar-refractivity contribution in [3.8, 4) is 5.88 Å². The Balaban J connectivity index is 1.85. The number of aliphatic imine (C=N–C) groups is 1. The summed E-state index contributed by atoms with van der Waals surface area (Å²) in [5.74, 6) is 1.46. The van der Waals surface area contributed by atoms with E-state index >= 15 is 0 Å². The van der Waals surface area contributed by atoms with E-state index in [1.54, 1.807) is 0 Å². The summed E-state index contributed by atoms with van der Waals surface area (Å²) < 4.78 is 11.2. The topological polar surface area (TPSA) is 67.8 Å². The SMILES string of the molecule is CCNC(=NCc1ccc(OC(C)C)nc1)NCC1CCCO1. The minimum absolute atomic E-state index is 0.133. The van der Waals surface area contributed by atoms with Gasteiger partial charge in [0.05, 0.1) is 18.8 Å². The van der Waals surface area contributed by atoms with Crippen molar-refractivity contribution >= 4 is 5.96 Å². The Labute approximate surface area is 138 Å². The molecule has 6 heteroatoms. The quantitative estimate of drug-likeness (QED) is 0.595. The molecule has 1 fully saturated rings. The average Bonchev–Trinajstić information content (AvgIpc) is 3.04. The third kappa shape index (κ3) is 6.44. The molecule has 1 atom stereocenters. The van der Waals surface area contributed by atoms with Gasteiger partial charge in [0.1, 0.15) is 0 Å². The minimum atomic E-state index is 0.133. The van der Waals surface area contributed by atoms with Crippen LogP contribution < -0.4 is 15.4 Å². The maximum atomic E-state index is 5.62. The molecule has 1 unspecified atom stereocenters. The van der Waals surface area contributed by atoms with E-state index in [4.69, 9.17) is 9.47 Å². The lowest BCUT2D eigenvalue weighted by Crippen LogP contribution is -2.41. The van der Waals surface area contributed by atoms with E-state index in [2.05, 4.69) is 27.5 Å². The fraction of sp³-hybridized carbons (Fsp3) is 0.647. The number of ether oxygens (including phenoxy) is 2. The summed E-state index contributed by atoms with van der Waals surface area (Å²) in [6.07, 6.45) is 4.51. The summed E-state index contributed by atoms with van der Waals surface area (Å²) in [6.45, 7) is 9.11. The molecule has 23 heavy (non-hydrogen) atoms. The molecular weight excluding hydrogens is 292 g/mol. The van der Waals surface area contributed by atoms with Gasteiger partial charge in [-0.25, -0.2) is 9.98 Å². The summed E-state index contributed by atoms with van der Waals surface area (Å²) in [5, 5.41) is 6.59. The Morgan fingerprint density at radius 1 is 1.43 bits per heavy atom. The Morgan fingerprint density at radius 2 is 2.30 bits per heavy atom. The van der Waals surface area contributed by atoms with Crippen molar-refractivity contribution in [3.05, 3.63) is 23.9 Å². The van der Waals surface area contributed by atoms with Crippen LogP contribution in [0.3, 0.4) is 0 Å². The molecule has 0 bridgehead atoms. The van der Waals surface area contributed by atoms with Gasteiger partial charge in [-0.05, 0) is 39.2 Å². The van der Waals surface area contributed by atoms with Crippen molar-refractivity contribution in [3.63, 3.8) is 0 Å². The van der Waals surface area contributed by atoms with Crippen LogP contribution in [0.2, 0.25) is 0 Å². The van der Waals surface area contributed by atoms with Gasteiger partial charge in [-0.15, -0.1) is 0 Å². The second kappa shape index (κ2) is 9.35. The molecule has 1 aromatic heterocycles. The molecule has 128 valence electrons. The molecule has 0 saturated carbocycles. The predicted octanol–water partition coefficient (Wildman–Crippen LogP) is 2.10. The highest BCUT2D eigenvalue weighted by atomic mass is 16.5. The highest BCUT2D eigenvalue weighted by Gasteiger charge is 2.15. The van der Waals surface area contributed by atoms with Gasteiger partial charge in [0.15, 0.2) is 5.96 Å². The second-order valence-corrected chi connectivity index (χ2v) is 5.88. The zero-order chi connectivity index (χ0) is 16.5. The first-order valence-electron chi connectivity index (χ1n) is 8.42. The van der Waals surface area contributed by atoms with Gasteiger partial charge in [0.2, 0.25) is 5.88 Å². The van der Waals surface area contributed by atoms with Crippen molar-refractivity contribution in [2.75, 3.05) is 19.7 Å². The van der Waals surface area contributed by atoms with Gasteiger partial charge in [-0.1, -0.05) is 6.07 Å². The smallest absolute Gasteiger partial charge is 0.213 e. The zero-order valence-electron chi connectivity index (χ0n) is 14.3. The molecule has 2 heterocycles. The van der Waals surface area contributed by atoms with E-state index in [0.717, 1.165) is 44.1 Å². The first kappa shape index (κ1) is 17.5. The van der Waals surface area contributed by atoms with Crippen molar-refractivity contribution in [1.29, 1.82) is 0 Å². The normalized spacial score (nSPS) is 18.3. The number of aromatic nitrogens is 1. The van der Waals surface area contributed by atoms with E-state index in [1.807, 2.05) is 32.2 Å². The summed E-state index contributed by atoms with van der Waals surface area (Å²) in [6, 6.07) is 3.88. The van der Waals surface area contributed by atoms with Gasteiger partial charge in [-0.2, -0.15) is 0 Å². The lowest BCUT2D eigenvalue weighted by Gasteiger charge is -2.14. The highest BCUT2D eigenvalue weighted by molar-refractivity contribution is 5.79. The summed E-state index contributed by atoms with van der Waals surface area (Å²) in [5.41, 5.74) is 1.05. The van der Waals surface area contributed by atoms with Crippen LogP contribution in [0.15, 0.2) is 23.3 Å². The third-order valence-electron chi connectivity index (χ3n) is 3.44. The first-order chi connectivity index (χ1) is 11.2. The maximum absolute atomic E-state index is 5.62. The van der Waals surface area contributed by atoms with Crippen molar-refractivity contribution in [2.45, 2.75) is 52.4 Å². The number of guanidine groups is 1.